The molecule has 340 valence electrons. The zero-order chi connectivity index (χ0) is 44.2. The molecule has 0 amide bonds. The number of aliphatic carboxylic acids is 1. The summed E-state index contributed by atoms with van der Waals surface area (Å²) in [4.78, 5) is 36.9. The minimum absolute atomic E-state index is 0.0181. The molecule has 0 aromatic rings. The summed E-state index contributed by atoms with van der Waals surface area (Å²) < 4.78 is 17.1. The van der Waals surface area contributed by atoms with Gasteiger partial charge in [0.15, 0.2) is 6.10 Å². The van der Waals surface area contributed by atoms with E-state index in [4.69, 9.17) is 14.2 Å². The van der Waals surface area contributed by atoms with E-state index in [9.17, 15) is 19.5 Å². The Bertz CT molecular complexity index is 1300. The van der Waals surface area contributed by atoms with Crippen LogP contribution in [0.4, 0.5) is 0 Å². The van der Waals surface area contributed by atoms with Crippen molar-refractivity contribution in [3.8, 4) is 0 Å². The van der Waals surface area contributed by atoms with Gasteiger partial charge in [-0.1, -0.05) is 162 Å². The summed E-state index contributed by atoms with van der Waals surface area (Å²) >= 11 is 0. The van der Waals surface area contributed by atoms with Gasteiger partial charge in [0, 0.05) is 19.3 Å². The lowest BCUT2D eigenvalue weighted by molar-refractivity contribution is -0.889. The van der Waals surface area contributed by atoms with E-state index in [1.165, 1.54) is 25.7 Å². The first-order valence-corrected chi connectivity index (χ1v) is 23.3. The molecule has 0 aliphatic carbocycles. The number of hydrogen-bond donors (Lipinski definition) is 0. The van der Waals surface area contributed by atoms with E-state index in [0.717, 1.165) is 103 Å². The molecule has 0 heterocycles. The van der Waals surface area contributed by atoms with Crippen LogP contribution in [0.25, 0.3) is 0 Å². The topological polar surface area (TPSA) is 102 Å². The largest absolute Gasteiger partial charge is 0.544 e. The summed E-state index contributed by atoms with van der Waals surface area (Å²) in [5, 5.41) is 11.6. The van der Waals surface area contributed by atoms with Crippen molar-refractivity contribution in [1.82, 2.24) is 0 Å². The number of carbonyl (C=O) groups excluding carboxylic acids is 3. The van der Waals surface area contributed by atoms with Gasteiger partial charge in [-0.05, 0) is 77.0 Å². The molecule has 8 nitrogen and oxygen atoms in total. The van der Waals surface area contributed by atoms with Crippen molar-refractivity contribution >= 4 is 17.9 Å². The van der Waals surface area contributed by atoms with Crippen molar-refractivity contribution in [3.63, 3.8) is 0 Å². The fourth-order valence-corrected chi connectivity index (χ4v) is 6.18. The van der Waals surface area contributed by atoms with Crippen LogP contribution >= 0.6 is 0 Å². The fraction of sp³-hybridized carbons (Fsp3) is 0.635. The Labute approximate surface area is 366 Å². The van der Waals surface area contributed by atoms with E-state index in [2.05, 4.69) is 80.7 Å². The van der Waals surface area contributed by atoms with Crippen molar-refractivity contribution < 1.29 is 38.2 Å². The summed E-state index contributed by atoms with van der Waals surface area (Å²) in [6.07, 6.45) is 55.7. The van der Waals surface area contributed by atoms with Gasteiger partial charge in [0.25, 0.3) is 0 Å². The summed E-state index contributed by atoms with van der Waals surface area (Å²) in [7, 11) is 5.38. The van der Waals surface area contributed by atoms with E-state index in [0.29, 0.717) is 6.42 Å². The molecule has 0 aliphatic rings. The number of esters is 2. The third-order valence-electron chi connectivity index (χ3n) is 9.80. The minimum atomic E-state index is -1.14. The number of quaternary nitrogens is 1. The maximum Gasteiger partial charge on any atom is 0.306 e. The third-order valence-corrected chi connectivity index (χ3v) is 9.80. The number of allylic oxidation sites excluding steroid dienone is 16. The van der Waals surface area contributed by atoms with Crippen LogP contribution in [0.5, 0.6) is 0 Å². The predicted octanol–water partition coefficient (Wildman–Crippen LogP) is 11.7. The number of nitrogens with zero attached hydrogens (tertiary/aromatic N) is 1. The van der Waals surface area contributed by atoms with E-state index >= 15 is 0 Å². The van der Waals surface area contributed by atoms with E-state index in [-0.39, 0.29) is 49.1 Å². The first-order chi connectivity index (χ1) is 29.1. The fourth-order valence-electron chi connectivity index (χ4n) is 6.18. The van der Waals surface area contributed by atoms with Gasteiger partial charge >= 0.3 is 11.9 Å². The highest BCUT2D eigenvalue weighted by Gasteiger charge is 2.25. The molecule has 0 rings (SSSR count). The van der Waals surface area contributed by atoms with Crippen LogP contribution in [0.2, 0.25) is 0 Å². The Morgan fingerprint density at radius 2 is 1.00 bits per heavy atom. The summed E-state index contributed by atoms with van der Waals surface area (Å²) in [5.41, 5.74) is 0. The molecule has 2 atom stereocenters. The van der Waals surface area contributed by atoms with Gasteiger partial charge in [0.1, 0.15) is 12.6 Å². The Morgan fingerprint density at radius 3 is 1.53 bits per heavy atom. The molecule has 2 unspecified atom stereocenters. The van der Waals surface area contributed by atoms with Gasteiger partial charge < -0.3 is 28.6 Å². The molecule has 0 fully saturated rings. The monoisotopic (exact) mass is 836 g/mol. The number of carboxylic acid groups (broad SMARTS) is 1. The van der Waals surface area contributed by atoms with Gasteiger partial charge in [-0.2, -0.15) is 0 Å². The highest BCUT2D eigenvalue weighted by molar-refractivity contribution is 5.70. The molecule has 0 N–H and O–H groups in total. The highest BCUT2D eigenvalue weighted by Crippen LogP contribution is 2.12. The molecule has 0 bridgehead atoms. The molecule has 8 heteroatoms. The smallest absolute Gasteiger partial charge is 0.306 e. The lowest BCUT2D eigenvalue weighted by Gasteiger charge is -2.34. The Morgan fingerprint density at radius 1 is 0.533 bits per heavy atom. The molecular formula is C52H85NO7. The Balaban J connectivity index is 4.39. The second-order valence-corrected chi connectivity index (χ2v) is 16.3. The van der Waals surface area contributed by atoms with Crippen LogP contribution in [0.1, 0.15) is 162 Å². The number of rotatable bonds is 40. The lowest BCUT2D eigenvalue weighted by atomic mass is 10.1. The molecular weight excluding hydrogens is 751 g/mol. The van der Waals surface area contributed by atoms with Crippen molar-refractivity contribution in [2.75, 3.05) is 41.0 Å². The predicted molar refractivity (Wildman–Crippen MR) is 249 cm³/mol. The second kappa shape index (κ2) is 42.0. The van der Waals surface area contributed by atoms with Crippen LogP contribution in [0.3, 0.4) is 0 Å². The number of hydrogen-bond acceptors (Lipinski definition) is 7. The Hall–Kier alpha value is -3.75. The first kappa shape index (κ1) is 56.2. The van der Waals surface area contributed by atoms with Gasteiger partial charge in [0.05, 0.1) is 40.3 Å². The van der Waals surface area contributed by atoms with Crippen LogP contribution in [-0.4, -0.2) is 75.5 Å². The number of likely N-dealkylation sites (N-methyl/N-ethyl adjacent to an activating group) is 1. The first-order valence-electron chi connectivity index (χ1n) is 23.3. The van der Waals surface area contributed by atoms with Gasteiger partial charge in [-0.3, -0.25) is 9.59 Å². The van der Waals surface area contributed by atoms with Crippen LogP contribution in [0.15, 0.2) is 97.2 Å². The SMILES string of the molecule is CC/C=C/C=C/C=C/C=C/CCCCCCCC(=O)OC(COCCC(C(=O)[O-])[N+](C)(C)C)COC(=O)CCCCCCC/C=C/C/C=C/C/C=C/C/C=C/CCCCC. The number of ether oxygens (including phenoxy) is 3. The normalized spacial score (nSPS) is 13.8. The zero-order valence-corrected chi connectivity index (χ0v) is 38.6. The quantitative estimate of drug-likeness (QED) is 0.0199. The van der Waals surface area contributed by atoms with Crippen molar-refractivity contribution in [3.05, 3.63) is 97.2 Å². The molecule has 0 aromatic heterocycles. The highest BCUT2D eigenvalue weighted by atomic mass is 16.6. The number of carbonyl (C=O) groups is 3. The molecule has 0 aromatic carbocycles. The average molecular weight is 836 g/mol. The molecule has 0 saturated heterocycles. The summed E-state index contributed by atoms with van der Waals surface area (Å²) in [6, 6.07) is -0.739. The second-order valence-electron chi connectivity index (χ2n) is 16.3. The van der Waals surface area contributed by atoms with E-state index in [1.54, 1.807) is 21.1 Å². The molecule has 0 spiro atoms. The number of unbranched alkanes of at least 4 members (excludes halogenated alkanes) is 13. The minimum Gasteiger partial charge on any atom is -0.544 e. The van der Waals surface area contributed by atoms with Crippen molar-refractivity contribution in [2.24, 2.45) is 0 Å². The zero-order valence-electron chi connectivity index (χ0n) is 38.6. The van der Waals surface area contributed by atoms with Gasteiger partial charge in [-0.25, -0.2) is 0 Å². The standard InChI is InChI=1S/C52H85NO7/c1-6-8-10-12-14-16-18-20-22-23-24-25-26-27-29-30-32-34-36-38-40-42-50(54)59-47-48(46-58-45-44-49(52(56)57)53(3,4)5)60-51(55)43-41-39-37-35-33-31-28-21-19-17-15-13-11-9-7-2/h9,11,13-17,19-22,24-25,27-29,48-49H,6-8,10,12,18,23,26,30-47H2,1-5H3/b11-9+,15-13+,16-14+,19-17+,22-20+,25-24+,28-21+,29-27+. The summed E-state index contributed by atoms with van der Waals surface area (Å²) in [6.45, 7) is 4.43. The third kappa shape index (κ3) is 39.7. The van der Waals surface area contributed by atoms with Crippen LogP contribution < -0.4 is 5.11 Å². The molecule has 60 heavy (non-hydrogen) atoms. The lowest BCUT2D eigenvalue weighted by Crippen LogP contribution is -2.55. The van der Waals surface area contributed by atoms with Crippen LogP contribution in [-0.2, 0) is 28.6 Å². The van der Waals surface area contributed by atoms with Crippen molar-refractivity contribution in [2.45, 2.75) is 174 Å². The van der Waals surface area contributed by atoms with Gasteiger partial charge in [-0.15, -0.1) is 0 Å². The number of carboxylic acids is 1. The summed E-state index contributed by atoms with van der Waals surface area (Å²) in [5.74, 6) is -1.80. The van der Waals surface area contributed by atoms with Crippen LogP contribution in [0, 0.1) is 0 Å². The maximum absolute atomic E-state index is 12.7. The average Bonchev–Trinajstić information content (AvgIpc) is 3.21. The molecule has 0 radical (unpaired) electrons. The van der Waals surface area contributed by atoms with E-state index < -0.39 is 18.1 Å². The Kier molecular flexibility index (Phi) is 39.3. The van der Waals surface area contributed by atoms with Gasteiger partial charge in [0.2, 0.25) is 0 Å². The molecule has 0 saturated carbocycles. The maximum atomic E-state index is 12.7. The van der Waals surface area contributed by atoms with Crippen molar-refractivity contribution in [1.29, 1.82) is 0 Å². The molecule has 0 aliphatic heterocycles. The van der Waals surface area contributed by atoms with E-state index in [1.807, 2.05) is 30.4 Å².